The molecule has 0 fully saturated rings. The van der Waals surface area contributed by atoms with Crippen LogP contribution in [0.3, 0.4) is 0 Å². The van der Waals surface area contributed by atoms with Gasteiger partial charge in [0.15, 0.2) is 5.69 Å². The van der Waals surface area contributed by atoms with E-state index in [1.54, 1.807) is 46.0 Å². The first kappa shape index (κ1) is 15.3. The lowest BCUT2D eigenvalue weighted by Gasteiger charge is -2.05. The Morgan fingerprint density at radius 3 is 2.61 bits per heavy atom. The molecule has 0 aliphatic heterocycles. The lowest BCUT2D eigenvalue weighted by atomic mass is 10.2. The Hall–Kier alpha value is -2.63. The number of rotatable bonds is 4. The minimum absolute atomic E-state index is 0.0174. The molecule has 8 heteroatoms. The summed E-state index contributed by atoms with van der Waals surface area (Å²) in [5.41, 5.74) is 1.79. The second-order valence-corrected chi connectivity index (χ2v) is 6.73. The average Bonchev–Trinajstić information content (AvgIpc) is 3.21. The minimum atomic E-state index is -0.446. The molecule has 0 saturated heterocycles. The first-order chi connectivity index (χ1) is 11.1. The highest BCUT2D eigenvalue weighted by atomic mass is 32.2. The molecule has 114 valence electrons. The number of nitro groups is 1. The van der Waals surface area contributed by atoms with E-state index < -0.39 is 4.92 Å². The fourth-order valence-electron chi connectivity index (χ4n) is 2.09. The first-order valence-corrected chi connectivity index (χ1v) is 8.55. The highest BCUT2D eigenvalue weighted by Gasteiger charge is 2.14. The first-order valence-electron chi connectivity index (χ1n) is 6.51. The standard InChI is InChI=1S/C15H10N4O2S2/c1-22-15-7-6-14(23-15)13-8-10(9-16)17-18(13)11-2-4-12(5-3-11)19(20)21/h2-8H,1H3. The van der Waals surface area contributed by atoms with Crippen molar-refractivity contribution < 1.29 is 4.92 Å². The number of hydrogen-bond acceptors (Lipinski definition) is 6. The van der Waals surface area contributed by atoms with Crippen molar-refractivity contribution in [1.82, 2.24) is 9.78 Å². The van der Waals surface area contributed by atoms with E-state index in [0.29, 0.717) is 11.4 Å². The molecule has 0 spiro atoms. The molecule has 0 unspecified atom stereocenters. The Bertz CT molecular complexity index is 906. The van der Waals surface area contributed by atoms with E-state index >= 15 is 0 Å². The molecule has 0 N–H and O–H groups in total. The van der Waals surface area contributed by atoms with Crippen LogP contribution in [0.2, 0.25) is 0 Å². The average molecular weight is 342 g/mol. The van der Waals surface area contributed by atoms with Crippen LogP contribution in [0.25, 0.3) is 16.3 Å². The normalized spacial score (nSPS) is 10.4. The molecule has 3 rings (SSSR count). The van der Waals surface area contributed by atoms with Gasteiger partial charge >= 0.3 is 0 Å². The Morgan fingerprint density at radius 1 is 1.30 bits per heavy atom. The fraction of sp³-hybridized carbons (Fsp3) is 0.0667. The molecule has 23 heavy (non-hydrogen) atoms. The van der Waals surface area contributed by atoms with Crippen molar-refractivity contribution >= 4 is 28.8 Å². The van der Waals surface area contributed by atoms with Crippen molar-refractivity contribution in [2.24, 2.45) is 0 Å². The molecular weight excluding hydrogens is 332 g/mol. The Labute approximate surface area is 140 Å². The summed E-state index contributed by atoms with van der Waals surface area (Å²) in [6.07, 6.45) is 2.00. The third-order valence-electron chi connectivity index (χ3n) is 3.16. The highest BCUT2D eigenvalue weighted by molar-refractivity contribution is 8.00. The smallest absolute Gasteiger partial charge is 0.258 e. The molecule has 6 nitrogen and oxygen atoms in total. The van der Waals surface area contributed by atoms with Gasteiger partial charge in [-0.1, -0.05) is 0 Å². The maximum atomic E-state index is 10.8. The van der Waals surface area contributed by atoms with Gasteiger partial charge in [0.2, 0.25) is 0 Å². The van der Waals surface area contributed by atoms with Crippen LogP contribution in [-0.4, -0.2) is 21.0 Å². The van der Waals surface area contributed by atoms with Crippen LogP contribution in [0.4, 0.5) is 5.69 Å². The van der Waals surface area contributed by atoms with Gasteiger partial charge in [-0.05, 0) is 30.5 Å². The SMILES string of the molecule is CSc1ccc(-c2cc(C#N)nn2-c2ccc([N+](=O)[O-])cc2)s1. The fourth-order valence-corrected chi connectivity index (χ4v) is 3.64. The van der Waals surface area contributed by atoms with Gasteiger partial charge in [0.25, 0.3) is 5.69 Å². The van der Waals surface area contributed by atoms with Gasteiger partial charge in [-0.3, -0.25) is 10.1 Å². The van der Waals surface area contributed by atoms with Crippen LogP contribution in [0.1, 0.15) is 5.69 Å². The summed E-state index contributed by atoms with van der Waals surface area (Å²) in [4.78, 5) is 11.3. The number of nitriles is 1. The summed E-state index contributed by atoms with van der Waals surface area (Å²) < 4.78 is 2.80. The zero-order valence-electron chi connectivity index (χ0n) is 12.0. The molecule has 0 atom stereocenters. The van der Waals surface area contributed by atoms with Crippen LogP contribution >= 0.6 is 23.1 Å². The van der Waals surface area contributed by atoms with Gasteiger partial charge in [-0.2, -0.15) is 10.4 Å². The molecule has 0 bridgehead atoms. The maximum absolute atomic E-state index is 10.8. The van der Waals surface area contributed by atoms with Gasteiger partial charge in [0.05, 0.1) is 25.4 Å². The molecule has 1 aromatic carbocycles. The Morgan fingerprint density at radius 2 is 2.04 bits per heavy atom. The van der Waals surface area contributed by atoms with Crippen molar-refractivity contribution in [3.63, 3.8) is 0 Å². The largest absolute Gasteiger partial charge is 0.269 e. The van der Waals surface area contributed by atoms with E-state index in [2.05, 4.69) is 5.10 Å². The number of aromatic nitrogens is 2. The third-order valence-corrected chi connectivity index (χ3v) is 5.35. The quantitative estimate of drug-likeness (QED) is 0.405. The monoisotopic (exact) mass is 342 g/mol. The lowest BCUT2D eigenvalue weighted by molar-refractivity contribution is -0.384. The maximum Gasteiger partial charge on any atom is 0.269 e. The Kier molecular flexibility index (Phi) is 4.14. The number of hydrogen-bond donors (Lipinski definition) is 0. The van der Waals surface area contributed by atoms with Crippen molar-refractivity contribution in [3.8, 4) is 22.3 Å². The van der Waals surface area contributed by atoms with Crippen molar-refractivity contribution in [2.75, 3.05) is 6.26 Å². The van der Waals surface area contributed by atoms with E-state index in [-0.39, 0.29) is 5.69 Å². The van der Waals surface area contributed by atoms with Gasteiger partial charge in [0, 0.05) is 18.2 Å². The number of nitro benzene ring substituents is 1. The lowest BCUT2D eigenvalue weighted by Crippen LogP contribution is -1.99. The van der Waals surface area contributed by atoms with Gasteiger partial charge in [-0.25, -0.2) is 4.68 Å². The molecule has 3 aromatic rings. The molecule has 2 heterocycles. The molecule has 0 saturated carbocycles. The molecule has 0 aliphatic rings. The van der Waals surface area contributed by atoms with Crippen LogP contribution in [0.15, 0.2) is 46.7 Å². The molecule has 0 radical (unpaired) electrons. The third kappa shape index (κ3) is 2.97. The van der Waals surface area contributed by atoms with E-state index in [1.807, 2.05) is 24.5 Å². The van der Waals surface area contributed by atoms with Crippen LogP contribution in [0.5, 0.6) is 0 Å². The van der Waals surface area contributed by atoms with Gasteiger partial charge < -0.3 is 0 Å². The second-order valence-electron chi connectivity index (χ2n) is 4.53. The summed E-state index contributed by atoms with van der Waals surface area (Å²) >= 11 is 3.26. The van der Waals surface area contributed by atoms with Crippen molar-refractivity contribution in [2.45, 2.75) is 4.21 Å². The van der Waals surface area contributed by atoms with Gasteiger partial charge in [0.1, 0.15) is 6.07 Å². The van der Waals surface area contributed by atoms with Crippen LogP contribution in [-0.2, 0) is 0 Å². The summed E-state index contributed by atoms with van der Waals surface area (Å²) in [5, 5.41) is 24.2. The highest BCUT2D eigenvalue weighted by Crippen LogP contribution is 2.34. The second kappa shape index (κ2) is 6.24. The zero-order valence-corrected chi connectivity index (χ0v) is 13.6. The Balaban J connectivity index is 2.09. The van der Waals surface area contributed by atoms with Crippen LogP contribution in [0, 0.1) is 21.4 Å². The number of nitrogens with zero attached hydrogens (tertiary/aromatic N) is 4. The minimum Gasteiger partial charge on any atom is -0.258 e. The summed E-state index contributed by atoms with van der Waals surface area (Å²) in [5.74, 6) is 0. The molecule has 2 aromatic heterocycles. The predicted octanol–water partition coefficient (Wildman–Crippen LogP) is 4.10. The van der Waals surface area contributed by atoms with Crippen molar-refractivity contribution in [1.29, 1.82) is 5.26 Å². The van der Waals surface area contributed by atoms with E-state index in [4.69, 9.17) is 5.26 Å². The topological polar surface area (TPSA) is 84.8 Å². The van der Waals surface area contributed by atoms with E-state index in [9.17, 15) is 10.1 Å². The predicted molar refractivity (Wildman–Crippen MR) is 90.0 cm³/mol. The summed E-state index contributed by atoms with van der Waals surface area (Å²) in [6.45, 7) is 0. The van der Waals surface area contributed by atoms with Gasteiger partial charge in [-0.15, -0.1) is 23.1 Å². The molecule has 0 aliphatic carbocycles. The van der Waals surface area contributed by atoms with E-state index in [1.165, 1.54) is 12.1 Å². The zero-order chi connectivity index (χ0) is 16.4. The number of thioether (sulfide) groups is 1. The van der Waals surface area contributed by atoms with Crippen molar-refractivity contribution in [3.05, 3.63) is 58.3 Å². The number of benzene rings is 1. The van der Waals surface area contributed by atoms with E-state index in [0.717, 1.165) is 14.8 Å². The summed E-state index contributed by atoms with van der Waals surface area (Å²) in [6, 6.07) is 13.9. The van der Waals surface area contributed by atoms with Crippen LogP contribution < -0.4 is 0 Å². The summed E-state index contributed by atoms with van der Waals surface area (Å²) in [7, 11) is 0. The number of thiophene rings is 1. The number of non-ortho nitro benzene ring substituents is 1. The molecular formula is C15H10N4O2S2. The molecule has 0 amide bonds.